The molecule has 0 amide bonds. The minimum atomic E-state index is -2.96. The van der Waals surface area contributed by atoms with Crippen molar-refractivity contribution in [2.45, 2.75) is 91.4 Å². The summed E-state index contributed by atoms with van der Waals surface area (Å²) >= 11 is -0.892. The molecular weight excluding hydrogens is 774 g/mol. The SMILES string of the molecule is CCCCc1ccc(/[C](c2ccccc2)=[Hf](/[C]2=CC=CC2)[c]2c(C(C)(C)C)ccc3c2Cc2cc(C(C)(C)C)ccc2-3)s1.Cl.Cl. The first-order valence-corrected chi connectivity index (χ1v) is 22.3. The topological polar surface area (TPSA) is 0 Å². The average Bonchev–Trinajstić information content (AvgIpc) is 3.74. The van der Waals surface area contributed by atoms with Crippen LogP contribution in [0.25, 0.3) is 11.1 Å². The summed E-state index contributed by atoms with van der Waals surface area (Å²) in [6.45, 7) is 16.6. The van der Waals surface area contributed by atoms with E-state index in [2.05, 4.69) is 151 Å². The molecule has 236 valence electrons. The van der Waals surface area contributed by atoms with E-state index in [1.165, 1.54) is 56.8 Å². The Labute approximate surface area is 295 Å². The van der Waals surface area contributed by atoms with Gasteiger partial charge in [-0.15, -0.1) is 24.8 Å². The number of unbranched alkanes of at least 4 members (excludes halogenated alkanes) is 1. The predicted molar refractivity (Wildman–Crippen MR) is 201 cm³/mol. The van der Waals surface area contributed by atoms with Gasteiger partial charge in [-0.05, 0) is 0 Å². The molecule has 0 nitrogen and oxygen atoms in total. The molecule has 0 saturated carbocycles. The molecule has 0 spiro atoms. The summed E-state index contributed by atoms with van der Waals surface area (Å²) in [4.78, 5) is 3.04. The molecule has 0 atom stereocenters. The van der Waals surface area contributed by atoms with E-state index in [-0.39, 0.29) is 35.6 Å². The summed E-state index contributed by atoms with van der Waals surface area (Å²) in [6, 6.07) is 28.6. The number of halogens is 2. The summed E-state index contributed by atoms with van der Waals surface area (Å²) in [5, 5.41) is 0. The van der Waals surface area contributed by atoms with Crippen LogP contribution in [0.1, 0.15) is 105 Å². The normalized spacial score (nSPS) is 14.2. The Morgan fingerprint density at radius 3 is 2.20 bits per heavy atom. The molecule has 0 unspecified atom stereocenters. The molecule has 0 radical (unpaired) electrons. The molecule has 2 aliphatic rings. The Morgan fingerprint density at radius 1 is 0.822 bits per heavy atom. The molecule has 0 aliphatic heterocycles. The number of fused-ring (bicyclic) bond motifs is 3. The van der Waals surface area contributed by atoms with Crippen LogP contribution in [-0.2, 0) is 44.6 Å². The molecular formula is C41H48Cl2HfS. The van der Waals surface area contributed by atoms with Crippen molar-refractivity contribution in [1.29, 1.82) is 0 Å². The maximum absolute atomic E-state index is 2.96. The van der Waals surface area contributed by atoms with Crippen LogP contribution < -0.4 is 3.32 Å². The number of benzene rings is 3. The van der Waals surface area contributed by atoms with E-state index < -0.39 is 21.0 Å². The Morgan fingerprint density at radius 2 is 1.56 bits per heavy atom. The van der Waals surface area contributed by atoms with Crippen molar-refractivity contribution in [1.82, 2.24) is 0 Å². The van der Waals surface area contributed by atoms with Crippen molar-refractivity contribution in [2.24, 2.45) is 0 Å². The Balaban J connectivity index is 0.00000230. The van der Waals surface area contributed by atoms with E-state index in [0.29, 0.717) is 0 Å². The number of allylic oxidation sites excluding steroid dienone is 4. The molecule has 45 heavy (non-hydrogen) atoms. The molecule has 0 saturated heterocycles. The Hall–Kier alpha value is -1.84. The maximum atomic E-state index is 2.51. The van der Waals surface area contributed by atoms with Crippen molar-refractivity contribution in [3.63, 3.8) is 0 Å². The molecule has 4 aromatic rings. The van der Waals surface area contributed by atoms with Gasteiger partial charge in [0, 0.05) is 0 Å². The molecule has 3 aromatic carbocycles. The van der Waals surface area contributed by atoms with Crippen molar-refractivity contribution in [2.75, 3.05) is 0 Å². The molecule has 1 aromatic heterocycles. The molecule has 1 heterocycles. The van der Waals surface area contributed by atoms with Crippen LogP contribution in [0.5, 0.6) is 0 Å². The number of rotatable bonds is 7. The predicted octanol–water partition coefficient (Wildman–Crippen LogP) is 11.5. The summed E-state index contributed by atoms with van der Waals surface area (Å²) in [7, 11) is 0. The first-order valence-electron chi connectivity index (χ1n) is 16.1. The second-order valence-corrected chi connectivity index (χ2v) is 24.1. The van der Waals surface area contributed by atoms with Gasteiger partial charge >= 0.3 is 273 Å². The minimum Gasteiger partial charge on any atom is -0.147 e. The van der Waals surface area contributed by atoms with Crippen LogP contribution in [0.2, 0.25) is 0 Å². The average molecular weight is 822 g/mol. The largest absolute Gasteiger partial charge is 0.147 e. The van der Waals surface area contributed by atoms with Gasteiger partial charge in [0.1, 0.15) is 0 Å². The van der Waals surface area contributed by atoms with Gasteiger partial charge in [-0.1, -0.05) is 0 Å². The van der Waals surface area contributed by atoms with Crippen LogP contribution in [-0.4, -0.2) is 3.26 Å². The summed E-state index contributed by atoms with van der Waals surface area (Å²) in [5.74, 6) is 0. The van der Waals surface area contributed by atoms with E-state index in [4.69, 9.17) is 0 Å². The van der Waals surface area contributed by atoms with Gasteiger partial charge in [0.15, 0.2) is 0 Å². The summed E-state index contributed by atoms with van der Waals surface area (Å²) in [5.41, 5.74) is 10.7. The molecule has 0 fully saturated rings. The zero-order valence-electron chi connectivity index (χ0n) is 27.9. The molecule has 4 heteroatoms. The van der Waals surface area contributed by atoms with Crippen LogP contribution >= 0.6 is 36.2 Å². The van der Waals surface area contributed by atoms with Crippen LogP contribution in [0.15, 0.2) is 94.4 Å². The van der Waals surface area contributed by atoms with Gasteiger partial charge < -0.3 is 0 Å². The minimum absolute atomic E-state index is 0. The number of thiophene rings is 1. The fourth-order valence-electron chi connectivity index (χ4n) is 6.75. The Bertz CT molecular complexity index is 1760. The van der Waals surface area contributed by atoms with Crippen molar-refractivity contribution in [3.8, 4) is 11.1 Å². The number of hydrogen-bond acceptors (Lipinski definition) is 1. The van der Waals surface area contributed by atoms with Crippen LogP contribution in [0.4, 0.5) is 0 Å². The Kier molecular flexibility index (Phi) is 11.6. The van der Waals surface area contributed by atoms with Crippen LogP contribution in [0, 0.1) is 0 Å². The van der Waals surface area contributed by atoms with E-state index >= 15 is 0 Å². The van der Waals surface area contributed by atoms with E-state index in [1.54, 1.807) is 21.0 Å². The molecule has 2 aliphatic carbocycles. The summed E-state index contributed by atoms with van der Waals surface area (Å²) < 4.78 is 5.15. The zero-order chi connectivity index (χ0) is 30.4. The van der Waals surface area contributed by atoms with Gasteiger partial charge in [-0.3, -0.25) is 0 Å². The zero-order valence-corrected chi connectivity index (χ0v) is 34.0. The third kappa shape index (κ3) is 7.35. The van der Waals surface area contributed by atoms with Crippen molar-refractivity contribution in [3.05, 3.63) is 132 Å². The maximum Gasteiger partial charge on any atom is -0.147 e. The van der Waals surface area contributed by atoms with Gasteiger partial charge in [0.05, 0.1) is 0 Å². The molecule has 0 bridgehead atoms. The fraction of sp³-hybridized carbons (Fsp3) is 0.341. The van der Waals surface area contributed by atoms with Gasteiger partial charge in [-0.2, -0.15) is 0 Å². The first kappa shape index (κ1) is 36.0. The van der Waals surface area contributed by atoms with E-state index in [0.717, 1.165) is 12.8 Å². The molecule has 6 rings (SSSR count). The second kappa shape index (κ2) is 14.5. The van der Waals surface area contributed by atoms with E-state index in [1.807, 2.05) is 0 Å². The molecule has 0 N–H and O–H groups in total. The third-order valence-electron chi connectivity index (χ3n) is 9.09. The van der Waals surface area contributed by atoms with Gasteiger partial charge in [0.2, 0.25) is 0 Å². The van der Waals surface area contributed by atoms with Crippen LogP contribution in [0.3, 0.4) is 0 Å². The number of aryl methyl sites for hydroxylation is 1. The van der Waals surface area contributed by atoms with Gasteiger partial charge in [0.25, 0.3) is 0 Å². The first-order chi connectivity index (χ1) is 20.6. The van der Waals surface area contributed by atoms with Crippen molar-refractivity contribution >= 4 is 42.7 Å². The smallest absolute Gasteiger partial charge is 0.147 e. The summed E-state index contributed by atoms with van der Waals surface area (Å²) in [6.07, 6.45) is 13.1. The fourth-order valence-corrected chi connectivity index (χ4v) is 21.8. The van der Waals surface area contributed by atoms with E-state index in [9.17, 15) is 0 Å². The van der Waals surface area contributed by atoms with Gasteiger partial charge in [-0.25, -0.2) is 0 Å². The number of hydrogen-bond donors (Lipinski definition) is 0. The standard InChI is InChI=1S/C21H25.C15H16S.C5H5.2ClH.Hf/c1-20(2,3)16-7-9-18-14(12-16)11-15-13-17(21(4,5)6)8-10-19(15)18;1-2-3-9-14-10-11-15(16-14)12-13-7-5-4-6-8-13;1-2-4-5-3-1;;;/h7-10,12H,11H2,1-6H3;4-8,10-11H,2-3,9H2,1H3;1-3H,4H2;2*1H;. The monoisotopic (exact) mass is 822 g/mol. The second-order valence-electron chi connectivity index (χ2n) is 14.4. The quantitative estimate of drug-likeness (QED) is 0.144. The third-order valence-corrected chi connectivity index (χ3v) is 22.2. The van der Waals surface area contributed by atoms with Crippen molar-refractivity contribution < 1.29 is 21.0 Å².